The number of sulfone groups is 1. The Labute approximate surface area is 165 Å². The Morgan fingerprint density at radius 1 is 1.00 bits per heavy atom. The molecule has 0 atom stereocenters. The number of nitrogens with zero attached hydrogens (tertiary/aromatic N) is 1. The van der Waals surface area contributed by atoms with Crippen LogP contribution in [0.1, 0.15) is 56.2 Å². The minimum absolute atomic E-state index is 0.386. The third-order valence-electron chi connectivity index (χ3n) is 5.01. The third-order valence-corrected chi connectivity index (χ3v) is 6.14. The van der Waals surface area contributed by atoms with Crippen molar-refractivity contribution in [3.63, 3.8) is 0 Å². The first kappa shape index (κ1) is 21.6. The molecule has 0 aromatic heterocycles. The van der Waals surface area contributed by atoms with Gasteiger partial charge in [0.05, 0.1) is 4.90 Å². The average Bonchev–Trinajstić information content (AvgIpc) is 2.66. The lowest BCUT2D eigenvalue weighted by Crippen LogP contribution is -2.31. The van der Waals surface area contributed by atoms with Crippen LogP contribution in [0.4, 0.5) is 0 Å². The van der Waals surface area contributed by atoms with Crippen LogP contribution in [-0.4, -0.2) is 32.7 Å². The second-order valence-electron chi connectivity index (χ2n) is 7.64. The minimum Gasteiger partial charge on any atom is -0.299 e. The molecule has 0 amide bonds. The Kier molecular flexibility index (Phi) is 8.06. The van der Waals surface area contributed by atoms with Crippen molar-refractivity contribution in [1.82, 2.24) is 4.90 Å². The van der Waals surface area contributed by atoms with Gasteiger partial charge in [-0.3, -0.25) is 4.90 Å². The lowest BCUT2D eigenvalue weighted by molar-refractivity contribution is 0.250. The zero-order valence-corrected chi connectivity index (χ0v) is 17.9. The maximum absolute atomic E-state index is 11.1. The Balaban J connectivity index is 0.000000194. The summed E-state index contributed by atoms with van der Waals surface area (Å²) in [5.74, 6) is 0.439. The topological polar surface area (TPSA) is 37.4 Å². The minimum atomic E-state index is -3.05. The van der Waals surface area contributed by atoms with Gasteiger partial charge in [0, 0.05) is 19.3 Å². The van der Waals surface area contributed by atoms with Gasteiger partial charge < -0.3 is 0 Å². The van der Waals surface area contributed by atoms with Gasteiger partial charge in [-0.05, 0) is 54.1 Å². The number of hydrogen-bond acceptors (Lipinski definition) is 3. The molecule has 1 heterocycles. The number of benzene rings is 2. The van der Waals surface area contributed by atoms with E-state index in [1.54, 1.807) is 17.7 Å². The van der Waals surface area contributed by atoms with E-state index in [1.165, 1.54) is 44.2 Å². The standard InChI is InChI=1S/C13H19N.C10H14O2S/c1-2-3-9-14-10-8-12-6-4-5-7-13(12)11-14;1-8(2)9-4-6-10(7-5-9)13(3,11)12/h4-7H,2-3,8-11H2,1H3;4-8H,1-3H3. The molecule has 0 N–H and O–H groups in total. The molecule has 0 spiro atoms. The van der Waals surface area contributed by atoms with Crippen molar-refractivity contribution >= 4 is 9.84 Å². The fourth-order valence-corrected chi connectivity index (χ4v) is 3.86. The van der Waals surface area contributed by atoms with Crippen LogP contribution in [0.2, 0.25) is 0 Å². The second kappa shape index (κ2) is 10.0. The molecule has 0 fully saturated rings. The van der Waals surface area contributed by atoms with Gasteiger partial charge in [-0.1, -0.05) is 63.6 Å². The molecule has 1 aliphatic rings. The summed E-state index contributed by atoms with van der Waals surface area (Å²) in [6.07, 6.45) is 5.09. The van der Waals surface area contributed by atoms with Crippen LogP contribution in [-0.2, 0) is 22.8 Å². The zero-order valence-electron chi connectivity index (χ0n) is 17.1. The van der Waals surface area contributed by atoms with Crippen LogP contribution >= 0.6 is 0 Å². The predicted molar refractivity (Wildman–Crippen MR) is 114 cm³/mol. The largest absolute Gasteiger partial charge is 0.299 e. The van der Waals surface area contributed by atoms with Gasteiger partial charge in [-0.15, -0.1) is 0 Å². The van der Waals surface area contributed by atoms with Crippen molar-refractivity contribution < 1.29 is 8.42 Å². The van der Waals surface area contributed by atoms with E-state index in [9.17, 15) is 8.42 Å². The highest BCUT2D eigenvalue weighted by Crippen LogP contribution is 2.18. The Bertz CT molecular complexity index is 811. The van der Waals surface area contributed by atoms with E-state index >= 15 is 0 Å². The summed E-state index contributed by atoms with van der Waals surface area (Å²) in [5, 5.41) is 0. The molecule has 2 aromatic carbocycles. The van der Waals surface area contributed by atoms with Gasteiger partial charge in [0.1, 0.15) is 0 Å². The molecule has 148 valence electrons. The normalized spacial score (nSPS) is 14.4. The van der Waals surface area contributed by atoms with Gasteiger partial charge in [-0.2, -0.15) is 0 Å². The molecule has 1 aliphatic heterocycles. The first-order valence-corrected chi connectivity index (χ1v) is 11.8. The maximum Gasteiger partial charge on any atom is 0.175 e. The maximum atomic E-state index is 11.1. The molecule has 0 saturated heterocycles. The van der Waals surface area contributed by atoms with Crippen molar-refractivity contribution in [3.8, 4) is 0 Å². The fourth-order valence-electron chi connectivity index (χ4n) is 3.23. The summed E-state index contributed by atoms with van der Waals surface area (Å²) >= 11 is 0. The Morgan fingerprint density at radius 3 is 2.19 bits per heavy atom. The molecule has 3 rings (SSSR count). The summed E-state index contributed by atoms with van der Waals surface area (Å²) in [6, 6.07) is 15.9. The van der Waals surface area contributed by atoms with E-state index < -0.39 is 9.84 Å². The molecule has 0 aliphatic carbocycles. The van der Waals surface area contributed by atoms with E-state index in [0.29, 0.717) is 10.8 Å². The quantitative estimate of drug-likeness (QED) is 0.720. The second-order valence-corrected chi connectivity index (χ2v) is 9.66. The van der Waals surface area contributed by atoms with Gasteiger partial charge in [0.15, 0.2) is 9.84 Å². The van der Waals surface area contributed by atoms with Crippen LogP contribution in [0.25, 0.3) is 0 Å². The molecule has 2 aromatic rings. The van der Waals surface area contributed by atoms with E-state index in [-0.39, 0.29) is 0 Å². The highest BCUT2D eigenvalue weighted by Gasteiger charge is 2.14. The molecule has 0 unspecified atom stereocenters. The summed E-state index contributed by atoms with van der Waals surface area (Å²) < 4.78 is 22.2. The molecular formula is C23H33NO2S. The van der Waals surface area contributed by atoms with Crippen molar-refractivity contribution in [2.45, 2.75) is 57.4 Å². The van der Waals surface area contributed by atoms with E-state index in [0.717, 1.165) is 12.1 Å². The number of fused-ring (bicyclic) bond motifs is 1. The SMILES string of the molecule is CC(C)c1ccc(S(C)(=O)=O)cc1.CCCCN1CCc2ccccc2C1. The van der Waals surface area contributed by atoms with Gasteiger partial charge in [0.2, 0.25) is 0 Å². The molecule has 0 saturated carbocycles. The third kappa shape index (κ3) is 6.78. The van der Waals surface area contributed by atoms with Crippen LogP contribution in [0.15, 0.2) is 53.4 Å². The molecule has 4 heteroatoms. The lowest BCUT2D eigenvalue weighted by atomic mass is 10.00. The van der Waals surface area contributed by atoms with E-state index in [2.05, 4.69) is 49.9 Å². The van der Waals surface area contributed by atoms with Gasteiger partial charge >= 0.3 is 0 Å². The Hall–Kier alpha value is -1.65. The predicted octanol–water partition coefficient (Wildman–Crippen LogP) is 5.06. The monoisotopic (exact) mass is 387 g/mol. The van der Waals surface area contributed by atoms with Crippen LogP contribution in [0.5, 0.6) is 0 Å². The first-order chi connectivity index (χ1) is 12.8. The summed E-state index contributed by atoms with van der Waals surface area (Å²) in [5.41, 5.74) is 4.25. The summed E-state index contributed by atoms with van der Waals surface area (Å²) in [7, 11) is -3.05. The number of rotatable bonds is 5. The van der Waals surface area contributed by atoms with Crippen LogP contribution in [0, 0.1) is 0 Å². The van der Waals surface area contributed by atoms with Crippen molar-refractivity contribution in [3.05, 3.63) is 65.2 Å². The molecule has 0 radical (unpaired) electrons. The van der Waals surface area contributed by atoms with E-state index in [1.807, 2.05) is 12.1 Å². The summed E-state index contributed by atoms with van der Waals surface area (Å²) in [6.45, 7) is 10.1. The highest BCUT2D eigenvalue weighted by atomic mass is 32.2. The molecule has 0 bridgehead atoms. The fraction of sp³-hybridized carbons (Fsp3) is 0.478. The highest BCUT2D eigenvalue weighted by molar-refractivity contribution is 7.90. The molecule has 27 heavy (non-hydrogen) atoms. The van der Waals surface area contributed by atoms with Crippen LogP contribution in [0.3, 0.4) is 0 Å². The van der Waals surface area contributed by atoms with Crippen molar-refractivity contribution in [1.29, 1.82) is 0 Å². The van der Waals surface area contributed by atoms with Crippen molar-refractivity contribution in [2.75, 3.05) is 19.3 Å². The first-order valence-electron chi connectivity index (χ1n) is 9.90. The smallest absolute Gasteiger partial charge is 0.175 e. The lowest BCUT2D eigenvalue weighted by Gasteiger charge is -2.28. The summed E-state index contributed by atoms with van der Waals surface area (Å²) in [4.78, 5) is 2.96. The zero-order chi connectivity index (χ0) is 19.9. The van der Waals surface area contributed by atoms with Crippen molar-refractivity contribution in [2.24, 2.45) is 0 Å². The number of unbranched alkanes of at least 4 members (excludes halogenated alkanes) is 1. The van der Waals surface area contributed by atoms with Gasteiger partial charge in [0.25, 0.3) is 0 Å². The molecule has 3 nitrogen and oxygen atoms in total. The Morgan fingerprint density at radius 2 is 1.63 bits per heavy atom. The van der Waals surface area contributed by atoms with Gasteiger partial charge in [-0.25, -0.2) is 8.42 Å². The average molecular weight is 388 g/mol. The van der Waals surface area contributed by atoms with E-state index in [4.69, 9.17) is 0 Å². The molecular weight excluding hydrogens is 354 g/mol. The number of hydrogen-bond donors (Lipinski definition) is 0. The van der Waals surface area contributed by atoms with Crippen LogP contribution < -0.4 is 0 Å².